The first-order valence-corrected chi connectivity index (χ1v) is 12.4. The smallest absolute Gasteiger partial charge is 0.308 e. The highest BCUT2D eigenvalue weighted by molar-refractivity contribution is 8.26. The lowest BCUT2D eigenvalue weighted by atomic mass is 10.1. The normalized spacial score (nSPS) is 19.4. The van der Waals surface area contributed by atoms with Crippen LogP contribution >= 0.6 is 24.0 Å². The van der Waals surface area contributed by atoms with Gasteiger partial charge in [-0.05, 0) is 24.6 Å². The Morgan fingerprint density at radius 3 is 2.81 bits per heavy atom. The molecule has 13 heteroatoms. The summed E-state index contributed by atoms with van der Waals surface area (Å²) >= 11 is 6.44. The van der Waals surface area contributed by atoms with Gasteiger partial charge in [-0.2, -0.15) is 0 Å². The monoisotopic (exact) mass is 531 g/mol. The summed E-state index contributed by atoms with van der Waals surface area (Å²) in [4.78, 5) is 59.6. The topological polar surface area (TPSA) is 123 Å². The fraction of sp³-hybridized carbons (Fsp3) is 0.391. The maximum absolute atomic E-state index is 13.7. The van der Waals surface area contributed by atoms with Crippen LogP contribution in [0.2, 0.25) is 0 Å². The number of nitrogens with one attached hydrogen (secondary N) is 1. The predicted octanol–water partition coefficient (Wildman–Crippen LogP) is 0.718. The summed E-state index contributed by atoms with van der Waals surface area (Å²) in [6, 6.07) is 2.59. The zero-order valence-electron chi connectivity index (χ0n) is 20.0. The third-order valence-electron chi connectivity index (χ3n) is 5.84. The standard InChI is InChI=1S/C23H25N5O6S2/c1-13-4-5-17-25-19(26-7-6-24-20(30)15(26)11-18(29)34-3)14(21(31)28(17)12-13)10-16-22(32)27(8-9-33-2)23(35)36-16/h4-5,10,12,15H,6-9,11H2,1-3H3,(H,24,30)/b16-10-/t15-/m1/s1. The fourth-order valence-corrected chi connectivity index (χ4v) is 5.30. The van der Waals surface area contributed by atoms with Crippen LogP contribution < -0.4 is 15.8 Å². The summed E-state index contributed by atoms with van der Waals surface area (Å²) in [5, 5.41) is 2.74. The molecule has 0 spiro atoms. The van der Waals surface area contributed by atoms with Crippen molar-refractivity contribution in [1.82, 2.24) is 19.6 Å². The Labute approximate surface area is 216 Å². The van der Waals surface area contributed by atoms with E-state index in [-0.39, 0.29) is 41.1 Å². The van der Waals surface area contributed by atoms with Gasteiger partial charge in [0.05, 0.1) is 37.2 Å². The minimum atomic E-state index is -0.936. The Balaban J connectivity index is 1.88. The molecule has 190 valence electrons. The van der Waals surface area contributed by atoms with E-state index in [2.05, 4.69) is 5.32 Å². The molecule has 2 saturated heterocycles. The number of pyridine rings is 1. The van der Waals surface area contributed by atoms with Gasteiger partial charge in [0.15, 0.2) is 0 Å². The van der Waals surface area contributed by atoms with Crippen molar-refractivity contribution in [1.29, 1.82) is 0 Å². The molecule has 4 rings (SSSR count). The molecule has 0 unspecified atom stereocenters. The lowest BCUT2D eigenvalue weighted by molar-refractivity contribution is -0.143. The molecule has 2 aliphatic rings. The van der Waals surface area contributed by atoms with E-state index in [0.717, 1.165) is 17.3 Å². The van der Waals surface area contributed by atoms with Crippen molar-refractivity contribution in [2.45, 2.75) is 19.4 Å². The van der Waals surface area contributed by atoms with E-state index in [4.69, 9.17) is 26.7 Å². The lowest BCUT2D eigenvalue weighted by Gasteiger charge is -2.36. The number of aromatic nitrogens is 2. The number of esters is 1. The van der Waals surface area contributed by atoms with E-state index in [1.54, 1.807) is 17.2 Å². The molecule has 36 heavy (non-hydrogen) atoms. The van der Waals surface area contributed by atoms with E-state index in [1.807, 2.05) is 13.0 Å². The van der Waals surface area contributed by atoms with Crippen molar-refractivity contribution in [3.63, 3.8) is 0 Å². The van der Waals surface area contributed by atoms with Crippen molar-refractivity contribution >= 4 is 63.6 Å². The molecule has 11 nitrogen and oxygen atoms in total. The van der Waals surface area contributed by atoms with E-state index in [1.165, 1.54) is 29.6 Å². The number of rotatable bonds is 7. The van der Waals surface area contributed by atoms with Crippen molar-refractivity contribution in [3.05, 3.63) is 44.7 Å². The van der Waals surface area contributed by atoms with Crippen LogP contribution in [0.5, 0.6) is 0 Å². The lowest BCUT2D eigenvalue weighted by Crippen LogP contribution is -2.57. The number of fused-ring (bicyclic) bond motifs is 1. The molecule has 0 bridgehead atoms. The van der Waals surface area contributed by atoms with Gasteiger partial charge in [-0.3, -0.25) is 28.5 Å². The quantitative estimate of drug-likeness (QED) is 0.311. The number of thiocarbonyl (C=S) groups is 1. The highest BCUT2D eigenvalue weighted by Crippen LogP contribution is 2.34. The van der Waals surface area contributed by atoms with E-state index in [0.29, 0.717) is 29.7 Å². The zero-order valence-corrected chi connectivity index (χ0v) is 21.6. The molecule has 1 atom stereocenters. The second kappa shape index (κ2) is 10.8. The minimum absolute atomic E-state index is 0.120. The number of carbonyl (C=O) groups excluding carboxylic acids is 3. The van der Waals surface area contributed by atoms with Gasteiger partial charge in [0, 0.05) is 26.4 Å². The summed E-state index contributed by atoms with van der Waals surface area (Å²) in [7, 11) is 2.77. The molecular formula is C23H25N5O6S2. The number of thioether (sulfide) groups is 1. The molecule has 2 amide bonds. The number of aryl methyl sites for hydroxylation is 1. The molecule has 0 radical (unpaired) electrons. The fourth-order valence-electron chi connectivity index (χ4n) is 4.01. The number of piperazine rings is 1. The largest absolute Gasteiger partial charge is 0.469 e. The number of nitrogens with zero attached hydrogens (tertiary/aromatic N) is 4. The van der Waals surface area contributed by atoms with Crippen LogP contribution in [0.4, 0.5) is 5.82 Å². The van der Waals surface area contributed by atoms with Crippen LogP contribution in [0.25, 0.3) is 11.7 Å². The summed E-state index contributed by atoms with van der Waals surface area (Å²) < 4.78 is 11.6. The number of carbonyl (C=O) groups is 3. The predicted molar refractivity (Wildman–Crippen MR) is 139 cm³/mol. The highest BCUT2D eigenvalue weighted by atomic mass is 32.2. The number of hydrogen-bond donors (Lipinski definition) is 1. The number of amides is 2. The SMILES string of the molecule is COCCN1C(=O)/C(=C/c2c(N3CCNC(=O)[C@H]3CC(=O)OC)nc3ccc(C)cn3c2=O)SC1=S. The van der Waals surface area contributed by atoms with Crippen LogP contribution in [-0.2, 0) is 23.9 Å². The molecule has 2 aromatic heterocycles. The number of methoxy groups -OCH3 is 2. The average Bonchev–Trinajstić information content (AvgIpc) is 3.12. The van der Waals surface area contributed by atoms with Crippen molar-refractivity contribution < 1.29 is 23.9 Å². The van der Waals surface area contributed by atoms with Gasteiger partial charge < -0.3 is 19.7 Å². The Morgan fingerprint density at radius 2 is 2.08 bits per heavy atom. The Bertz CT molecular complexity index is 1340. The number of anilines is 1. The Kier molecular flexibility index (Phi) is 7.71. The van der Waals surface area contributed by atoms with E-state index in [9.17, 15) is 19.2 Å². The Morgan fingerprint density at radius 1 is 1.31 bits per heavy atom. The maximum Gasteiger partial charge on any atom is 0.308 e. The second-order valence-electron chi connectivity index (χ2n) is 8.20. The van der Waals surface area contributed by atoms with Gasteiger partial charge in [0.2, 0.25) is 5.91 Å². The van der Waals surface area contributed by atoms with Gasteiger partial charge >= 0.3 is 5.97 Å². The number of ether oxygens (including phenoxy) is 2. The zero-order chi connectivity index (χ0) is 26.0. The second-order valence-corrected chi connectivity index (χ2v) is 9.87. The van der Waals surface area contributed by atoms with Crippen LogP contribution in [0.15, 0.2) is 28.0 Å². The van der Waals surface area contributed by atoms with E-state index >= 15 is 0 Å². The third kappa shape index (κ3) is 4.99. The molecule has 0 saturated carbocycles. The van der Waals surface area contributed by atoms with Gasteiger partial charge in [-0.1, -0.05) is 30.0 Å². The maximum atomic E-state index is 13.7. The highest BCUT2D eigenvalue weighted by Gasteiger charge is 2.36. The van der Waals surface area contributed by atoms with Gasteiger partial charge in [0.25, 0.3) is 11.5 Å². The minimum Gasteiger partial charge on any atom is -0.469 e. The summed E-state index contributed by atoms with van der Waals surface area (Å²) in [5.41, 5.74) is 0.920. The summed E-state index contributed by atoms with van der Waals surface area (Å²) in [6.45, 7) is 3.04. The first-order valence-electron chi connectivity index (χ1n) is 11.1. The third-order valence-corrected chi connectivity index (χ3v) is 7.22. The first-order chi connectivity index (χ1) is 17.2. The number of hydrogen-bond acceptors (Lipinski definition) is 10. The molecule has 0 aliphatic carbocycles. The van der Waals surface area contributed by atoms with Gasteiger partial charge in [-0.15, -0.1) is 0 Å². The summed E-state index contributed by atoms with van der Waals surface area (Å²) in [5.74, 6) is -1.09. The molecule has 2 aromatic rings. The summed E-state index contributed by atoms with van der Waals surface area (Å²) in [6.07, 6.45) is 2.90. The first kappa shape index (κ1) is 25.8. The van der Waals surface area contributed by atoms with Crippen LogP contribution in [0, 0.1) is 6.92 Å². The van der Waals surface area contributed by atoms with Crippen molar-refractivity contribution in [2.24, 2.45) is 0 Å². The molecule has 2 fully saturated rings. The molecule has 2 aliphatic heterocycles. The molecule has 0 aromatic carbocycles. The molecular weight excluding hydrogens is 506 g/mol. The van der Waals surface area contributed by atoms with Crippen molar-refractivity contribution in [3.8, 4) is 0 Å². The van der Waals surface area contributed by atoms with E-state index < -0.39 is 17.6 Å². The van der Waals surface area contributed by atoms with Crippen molar-refractivity contribution in [2.75, 3.05) is 45.4 Å². The average molecular weight is 532 g/mol. The molecule has 4 heterocycles. The van der Waals surface area contributed by atoms with Crippen LogP contribution in [0.1, 0.15) is 17.5 Å². The molecule has 1 N–H and O–H groups in total. The van der Waals surface area contributed by atoms with Gasteiger partial charge in [0.1, 0.15) is 21.8 Å². The van der Waals surface area contributed by atoms with Crippen LogP contribution in [-0.4, -0.2) is 82.9 Å². The van der Waals surface area contributed by atoms with Gasteiger partial charge in [-0.25, -0.2) is 4.98 Å². The Hall–Kier alpha value is -3.29. The van der Waals surface area contributed by atoms with Crippen LogP contribution in [0.3, 0.4) is 0 Å².